The normalized spacial score (nSPS) is 11.1. The van der Waals surface area contributed by atoms with Crippen molar-refractivity contribution in [2.24, 2.45) is 0 Å². The highest BCUT2D eigenvalue weighted by Crippen LogP contribution is 2.39. The Balaban J connectivity index is 1.69. The maximum Gasteiger partial charge on any atom is 0.179 e. The lowest BCUT2D eigenvalue weighted by Crippen LogP contribution is -2.15. The lowest BCUT2D eigenvalue weighted by Gasteiger charge is -2.22. The van der Waals surface area contributed by atoms with Crippen molar-refractivity contribution < 1.29 is 0 Å². The minimum Gasteiger partial charge on any atom is -0.319 e. The Kier molecular flexibility index (Phi) is 4.02. The molecule has 0 saturated carbocycles. The van der Waals surface area contributed by atoms with E-state index in [0.717, 1.165) is 11.1 Å². The Labute approximate surface area is 171 Å². The summed E-state index contributed by atoms with van der Waals surface area (Å²) in [4.78, 5) is 18.0. The summed E-state index contributed by atoms with van der Waals surface area (Å²) in [5.41, 5.74) is 3.16. The van der Waals surface area contributed by atoms with Crippen LogP contribution >= 0.6 is 0 Å². The van der Waals surface area contributed by atoms with Gasteiger partial charge in [0, 0.05) is 11.1 Å². The van der Waals surface area contributed by atoms with Crippen molar-refractivity contribution in [1.82, 2.24) is 19.9 Å². The third-order valence-electron chi connectivity index (χ3n) is 4.57. The molecule has 0 aliphatic carbocycles. The van der Waals surface area contributed by atoms with Crippen LogP contribution in [0.4, 0.5) is 23.3 Å². The minimum atomic E-state index is -0.0499. The third-order valence-corrected chi connectivity index (χ3v) is 4.57. The second-order valence-corrected chi connectivity index (χ2v) is 6.44. The van der Waals surface area contributed by atoms with Gasteiger partial charge in [-0.2, -0.15) is 10.5 Å². The second kappa shape index (κ2) is 6.97. The second-order valence-electron chi connectivity index (χ2n) is 6.44. The van der Waals surface area contributed by atoms with E-state index in [2.05, 4.69) is 20.6 Å². The predicted octanol–water partition coefficient (Wildman–Crippen LogP) is 4.14. The SMILES string of the molecule is N#Cc1nc2c(nc1C#N)Nc1nc(-c3ccccc3)c(-c3ccccc3)nc1N2. The van der Waals surface area contributed by atoms with Crippen LogP contribution in [0, 0.1) is 22.7 Å². The molecule has 0 amide bonds. The quantitative estimate of drug-likeness (QED) is 0.462. The van der Waals surface area contributed by atoms with Crippen LogP contribution in [-0.4, -0.2) is 19.9 Å². The van der Waals surface area contributed by atoms with Crippen LogP contribution in [0.1, 0.15) is 11.4 Å². The van der Waals surface area contributed by atoms with Crippen LogP contribution in [0.5, 0.6) is 0 Å². The number of nitriles is 2. The number of benzene rings is 2. The summed E-state index contributed by atoms with van der Waals surface area (Å²) in [6, 6.07) is 23.3. The Hall–Kier alpha value is -4.82. The number of fused-ring (bicyclic) bond motifs is 2. The molecule has 0 saturated heterocycles. The van der Waals surface area contributed by atoms with Gasteiger partial charge in [0.05, 0.1) is 11.4 Å². The summed E-state index contributed by atoms with van der Waals surface area (Å²) in [5, 5.41) is 24.6. The third kappa shape index (κ3) is 2.86. The molecular weight excluding hydrogens is 376 g/mol. The number of nitrogens with one attached hydrogen (secondary N) is 2. The topological polar surface area (TPSA) is 123 Å². The van der Waals surface area contributed by atoms with E-state index >= 15 is 0 Å². The van der Waals surface area contributed by atoms with Gasteiger partial charge in [0.25, 0.3) is 0 Å². The molecule has 0 atom stereocenters. The molecule has 5 rings (SSSR count). The van der Waals surface area contributed by atoms with E-state index < -0.39 is 0 Å². The maximum absolute atomic E-state index is 9.22. The summed E-state index contributed by atoms with van der Waals surface area (Å²) in [6.45, 7) is 0. The van der Waals surface area contributed by atoms with Crippen LogP contribution in [0.3, 0.4) is 0 Å². The number of hydrogen-bond donors (Lipinski definition) is 2. The Morgan fingerprint density at radius 2 is 0.900 bits per heavy atom. The van der Waals surface area contributed by atoms with Crippen molar-refractivity contribution in [2.45, 2.75) is 0 Å². The molecule has 30 heavy (non-hydrogen) atoms. The first-order valence-electron chi connectivity index (χ1n) is 9.06. The molecule has 0 spiro atoms. The molecule has 0 fully saturated rings. The molecule has 2 aromatic carbocycles. The summed E-state index contributed by atoms with van der Waals surface area (Å²) in [7, 11) is 0. The predicted molar refractivity (Wildman–Crippen MR) is 111 cm³/mol. The molecule has 0 radical (unpaired) electrons. The number of rotatable bonds is 2. The van der Waals surface area contributed by atoms with Crippen LogP contribution in [0.2, 0.25) is 0 Å². The highest BCUT2D eigenvalue weighted by atomic mass is 15.2. The molecule has 1 aliphatic heterocycles. The van der Waals surface area contributed by atoms with Crippen molar-refractivity contribution in [3.8, 4) is 34.7 Å². The first-order valence-corrected chi connectivity index (χ1v) is 9.06. The molecule has 0 bridgehead atoms. The summed E-state index contributed by atoms with van der Waals surface area (Å²) >= 11 is 0. The first kappa shape index (κ1) is 17.3. The number of aromatic nitrogens is 4. The van der Waals surface area contributed by atoms with Gasteiger partial charge < -0.3 is 10.6 Å². The Bertz CT molecular complexity index is 1250. The van der Waals surface area contributed by atoms with E-state index in [1.807, 2.05) is 72.8 Å². The van der Waals surface area contributed by atoms with Crippen molar-refractivity contribution in [3.05, 3.63) is 72.1 Å². The molecule has 0 unspecified atom stereocenters. The zero-order valence-electron chi connectivity index (χ0n) is 15.5. The fourth-order valence-corrected chi connectivity index (χ4v) is 3.19. The van der Waals surface area contributed by atoms with Crippen LogP contribution in [0.25, 0.3) is 22.5 Å². The van der Waals surface area contributed by atoms with E-state index in [-0.39, 0.29) is 11.4 Å². The largest absolute Gasteiger partial charge is 0.319 e. The Morgan fingerprint density at radius 1 is 0.533 bits per heavy atom. The molecule has 140 valence electrons. The van der Waals surface area contributed by atoms with E-state index in [4.69, 9.17) is 9.97 Å². The summed E-state index contributed by atoms with van der Waals surface area (Å²) in [5.74, 6) is 1.56. The zero-order valence-corrected chi connectivity index (χ0v) is 15.5. The van der Waals surface area contributed by atoms with E-state index in [9.17, 15) is 10.5 Å². The molecule has 4 aromatic rings. The van der Waals surface area contributed by atoms with Crippen molar-refractivity contribution >= 4 is 23.3 Å². The molecular formula is C22H12N8. The zero-order chi connectivity index (χ0) is 20.5. The molecule has 3 heterocycles. The smallest absolute Gasteiger partial charge is 0.179 e. The molecule has 1 aliphatic rings. The van der Waals surface area contributed by atoms with E-state index in [0.29, 0.717) is 34.7 Å². The Morgan fingerprint density at radius 3 is 1.27 bits per heavy atom. The highest BCUT2D eigenvalue weighted by molar-refractivity contribution is 5.88. The standard InChI is InChI=1S/C22H12N8/c23-11-15-16(12-24)26-20-19(25-15)29-21-22(30-20)28-18(14-9-5-2-6-10-14)17(27-21)13-7-3-1-4-8-13/h1-10H,(H,25,27,29)(H,26,28,30). The van der Waals surface area contributed by atoms with Crippen molar-refractivity contribution in [2.75, 3.05) is 10.6 Å². The van der Waals surface area contributed by atoms with Gasteiger partial charge in [-0.25, -0.2) is 19.9 Å². The van der Waals surface area contributed by atoms with Crippen LogP contribution in [0.15, 0.2) is 60.7 Å². The van der Waals surface area contributed by atoms with Crippen LogP contribution in [-0.2, 0) is 0 Å². The average Bonchev–Trinajstić information content (AvgIpc) is 2.82. The van der Waals surface area contributed by atoms with Gasteiger partial charge in [0.2, 0.25) is 0 Å². The highest BCUT2D eigenvalue weighted by Gasteiger charge is 2.25. The lowest BCUT2D eigenvalue weighted by molar-refractivity contribution is 1.09. The summed E-state index contributed by atoms with van der Waals surface area (Å²) < 4.78 is 0. The van der Waals surface area contributed by atoms with Gasteiger partial charge in [-0.1, -0.05) is 60.7 Å². The van der Waals surface area contributed by atoms with Crippen LogP contribution < -0.4 is 10.6 Å². The van der Waals surface area contributed by atoms with Gasteiger partial charge in [-0.05, 0) is 0 Å². The number of nitrogens with zero attached hydrogens (tertiary/aromatic N) is 6. The van der Waals surface area contributed by atoms with E-state index in [1.54, 1.807) is 0 Å². The van der Waals surface area contributed by atoms with Gasteiger partial charge in [0.1, 0.15) is 12.1 Å². The minimum absolute atomic E-state index is 0.0499. The lowest BCUT2D eigenvalue weighted by atomic mass is 10.0. The fraction of sp³-hybridized carbons (Fsp3) is 0. The van der Waals surface area contributed by atoms with Gasteiger partial charge in [0.15, 0.2) is 34.7 Å². The van der Waals surface area contributed by atoms with Crippen molar-refractivity contribution in [3.63, 3.8) is 0 Å². The van der Waals surface area contributed by atoms with E-state index in [1.165, 1.54) is 0 Å². The molecule has 8 nitrogen and oxygen atoms in total. The van der Waals surface area contributed by atoms with Gasteiger partial charge in [-0.15, -0.1) is 0 Å². The van der Waals surface area contributed by atoms with Gasteiger partial charge in [-0.3, -0.25) is 0 Å². The molecule has 2 aromatic heterocycles. The molecule has 8 heteroatoms. The summed E-state index contributed by atoms with van der Waals surface area (Å²) in [6.07, 6.45) is 0. The average molecular weight is 388 g/mol. The number of hydrogen-bond acceptors (Lipinski definition) is 8. The molecule has 2 N–H and O–H groups in total. The number of anilines is 4. The monoisotopic (exact) mass is 388 g/mol. The maximum atomic E-state index is 9.22. The first-order chi connectivity index (χ1) is 14.8. The van der Waals surface area contributed by atoms with Crippen molar-refractivity contribution in [1.29, 1.82) is 10.5 Å². The fourth-order valence-electron chi connectivity index (χ4n) is 3.19. The van der Waals surface area contributed by atoms with Gasteiger partial charge >= 0.3 is 0 Å².